The summed E-state index contributed by atoms with van der Waals surface area (Å²) in [5, 5.41) is 0. The van der Waals surface area contributed by atoms with E-state index in [4.69, 9.17) is 0 Å². The van der Waals surface area contributed by atoms with Crippen LogP contribution in [0.5, 0.6) is 0 Å². The van der Waals surface area contributed by atoms with Crippen LogP contribution in [-0.4, -0.2) is 11.9 Å². The van der Waals surface area contributed by atoms with E-state index in [0.29, 0.717) is 6.42 Å². The van der Waals surface area contributed by atoms with Gasteiger partial charge in [-0.05, 0) is 19.3 Å². The summed E-state index contributed by atoms with van der Waals surface area (Å²) in [7, 11) is 0. The molecule has 0 saturated heterocycles. The molecule has 0 radical (unpaired) electrons. The number of carbonyl (C=O) groups excluding carboxylic acids is 2. The van der Waals surface area contributed by atoms with Crippen LogP contribution in [0.25, 0.3) is 0 Å². The second kappa shape index (κ2) is 8.94. The number of esters is 2. The first-order valence-electron chi connectivity index (χ1n) is 4.85. The van der Waals surface area contributed by atoms with Gasteiger partial charge in [-0.3, -0.25) is 4.79 Å². The summed E-state index contributed by atoms with van der Waals surface area (Å²) in [4.78, 5) is 22.0. The molecule has 0 aromatic rings. The van der Waals surface area contributed by atoms with Gasteiger partial charge in [-0.15, -0.1) is 6.58 Å². The van der Waals surface area contributed by atoms with Gasteiger partial charge in [0.2, 0.25) is 0 Å². The van der Waals surface area contributed by atoms with E-state index in [1.54, 1.807) is 6.08 Å². The largest absolute Gasteiger partial charge is 0.390 e. The second-order valence-electron chi connectivity index (χ2n) is 2.92. The lowest BCUT2D eigenvalue weighted by atomic mass is 10.2. The number of carbonyl (C=O) groups is 2. The highest BCUT2D eigenvalue weighted by atomic mass is 16.6. The van der Waals surface area contributed by atoms with Crippen molar-refractivity contribution in [3.63, 3.8) is 0 Å². The van der Waals surface area contributed by atoms with E-state index in [1.165, 1.54) is 12.2 Å². The summed E-state index contributed by atoms with van der Waals surface area (Å²) in [6.45, 7) is 6.96. The van der Waals surface area contributed by atoms with Crippen LogP contribution in [0.1, 0.15) is 25.7 Å². The molecular weight excluding hydrogens is 192 g/mol. The number of ether oxygens (including phenoxy) is 1. The summed E-state index contributed by atoms with van der Waals surface area (Å²) >= 11 is 0. The minimum Gasteiger partial charge on any atom is -0.390 e. The fourth-order valence-corrected chi connectivity index (χ4v) is 0.902. The van der Waals surface area contributed by atoms with Crippen LogP contribution in [0.15, 0.2) is 37.5 Å². The van der Waals surface area contributed by atoms with Crippen molar-refractivity contribution in [2.24, 2.45) is 0 Å². The summed E-state index contributed by atoms with van der Waals surface area (Å²) in [5.41, 5.74) is 0. The van der Waals surface area contributed by atoms with Crippen molar-refractivity contribution < 1.29 is 14.3 Å². The molecule has 82 valence electrons. The van der Waals surface area contributed by atoms with Gasteiger partial charge < -0.3 is 4.74 Å². The molecule has 0 aromatic carbocycles. The molecule has 0 heterocycles. The van der Waals surface area contributed by atoms with E-state index >= 15 is 0 Å². The molecule has 0 N–H and O–H groups in total. The van der Waals surface area contributed by atoms with Gasteiger partial charge in [-0.25, -0.2) is 4.79 Å². The predicted molar refractivity (Wildman–Crippen MR) is 59.1 cm³/mol. The SMILES string of the molecule is C=C/C=C/C(=O)OC(=O)CCCCC=C. The number of hydrogen-bond acceptors (Lipinski definition) is 3. The van der Waals surface area contributed by atoms with Crippen molar-refractivity contribution in [2.75, 3.05) is 0 Å². The first-order valence-corrected chi connectivity index (χ1v) is 4.85. The molecule has 0 atom stereocenters. The van der Waals surface area contributed by atoms with Crippen molar-refractivity contribution in [2.45, 2.75) is 25.7 Å². The number of allylic oxidation sites excluding steroid dienone is 3. The van der Waals surface area contributed by atoms with E-state index in [2.05, 4.69) is 17.9 Å². The Bertz CT molecular complexity index is 264. The Morgan fingerprint density at radius 1 is 1.20 bits per heavy atom. The lowest BCUT2D eigenvalue weighted by Gasteiger charge is -1.98. The smallest absolute Gasteiger partial charge is 0.338 e. The van der Waals surface area contributed by atoms with Gasteiger partial charge in [0, 0.05) is 12.5 Å². The fraction of sp³-hybridized carbons (Fsp3) is 0.333. The minimum atomic E-state index is -0.649. The molecule has 0 saturated carbocycles. The molecule has 0 amide bonds. The van der Waals surface area contributed by atoms with Crippen molar-refractivity contribution in [1.82, 2.24) is 0 Å². The van der Waals surface area contributed by atoms with E-state index in [1.807, 2.05) is 0 Å². The highest BCUT2D eigenvalue weighted by molar-refractivity contribution is 5.92. The van der Waals surface area contributed by atoms with E-state index < -0.39 is 11.9 Å². The summed E-state index contributed by atoms with van der Waals surface area (Å²) in [6, 6.07) is 0. The average Bonchev–Trinajstić information content (AvgIpc) is 2.21. The maximum atomic E-state index is 11.1. The first kappa shape index (κ1) is 13.4. The third-order valence-electron chi connectivity index (χ3n) is 1.62. The fourth-order valence-electron chi connectivity index (χ4n) is 0.902. The van der Waals surface area contributed by atoms with Gasteiger partial charge in [0.05, 0.1) is 0 Å². The normalized spacial score (nSPS) is 9.87. The summed E-state index contributed by atoms with van der Waals surface area (Å²) in [6.07, 6.45) is 8.55. The van der Waals surface area contributed by atoms with Crippen LogP contribution in [0.4, 0.5) is 0 Å². The van der Waals surface area contributed by atoms with Crippen LogP contribution >= 0.6 is 0 Å². The van der Waals surface area contributed by atoms with Gasteiger partial charge in [-0.2, -0.15) is 0 Å². The highest BCUT2D eigenvalue weighted by Crippen LogP contribution is 2.01. The number of unbranched alkanes of at least 4 members (excludes halogenated alkanes) is 2. The van der Waals surface area contributed by atoms with E-state index in [-0.39, 0.29) is 6.42 Å². The van der Waals surface area contributed by atoms with Crippen LogP contribution in [0.2, 0.25) is 0 Å². The Labute approximate surface area is 90.1 Å². The third kappa shape index (κ3) is 8.68. The second-order valence-corrected chi connectivity index (χ2v) is 2.92. The molecule has 0 aromatic heterocycles. The molecule has 0 spiro atoms. The number of rotatable bonds is 7. The van der Waals surface area contributed by atoms with Crippen molar-refractivity contribution in [3.8, 4) is 0 Å². The molecule has 0 aliphatic carbocycles. The lowest BCUT2D eigenvalue weighted by Crippen LogP contribution is -2.09. The zero-order valence-corrected chi connectivity index (χ0v) is 8.78. The van der Waals surface area contributed by atoms with Crippen molar-refractivity contribution in [1.29, 1.82) is 0 Å². The van der Waals surface area contributed by atoms with Crippen LogP contribution < -0.4 is 0 Å². The third-order valence-corrected chi connectivity index (χ3v) is 1.62. The average molecular weight is 208 g/mol. The monoisotopic (exact) mass is 208 g/mol. The van der Waals surface area contributed by atoms with Crippen LogP contribution in [0, 0.1) is 0 Å². The molecular formula is C12H16O3. The Balaban J connectivity index is 3.64. The molecule has 0 rings (SSSR count). The Hall–Kier alpha value is -1.64. The molecule has 0 fully saturated rings. The Morgan fingerprint density at radius 2 is 1.93 bits per heavy atom. The van der Waals surface area contributed by atoms with Gasteiger partial charge in [-0.1, -0.05) is 24.8 Å². The maximum absolute atomic E-state index is 11.1. The van der Waals surface area contributed by atoms with Crippen LogP contribution in [-0.2, 0) is 14.3 Å². The molecule has 0 unspecified atom stereocenters. The van der Waals surface area contributed by atoms with Crippen molar-refractivity contribution in [3.05, 3.63) is 37.5 Å². The maximum Gasteiger partial charge on any atom is 0.338 e. The topological polar surface area (TPSA) is 43.4 Å². The van der Waals surface area contributed by atoms with Crippen molar-refractivity contribution >= 4 is 11.9 Å². The molecule has 0 aliphatic rings. The molecule has 3 nitrogen and oxygen atoms in total. The lowest BCUT2D eigenvalue weighted by molar-refractivity contribution is -0.156. The molecule has 0 aliphatic heterocycles. The highest BCUT2D eigenvalue weighted by Gasteiger charge is 2.06. The minimum absolute atomic E-state index is 0.265. The Kier molecular flexibility index (Phi) is 7.96. The quantitative estimate of drug-likeness (QED) is 0.161. The number of hydrogen-bond donors (Lipinski definition) is 0. The first-order chi connectivity index (χ1) is 7.20. The Morgan fingerprint density at radius 3 is 2.53 bits per heavy atom. The van der Waals surface area contributed by atoms with E-state index in [9.17, 15) is 9.59 Å². The van der Waals surface area contributed by atoms with Gasteiger partial charge in [0.25, 0.3) is 0 Å². The van der Waals surface area contributed by atoms with E-state index in [0.717, 1.165) is 18.9 Å². The predicted octanol–water partition coefficient (Wildman–Crippen LogP) is 2.54. The van der Waals surface area contributed by atoms with Gasteiger partial charge in [0.1, 0.15) is 0 Å². The molecule has 15 heavy (non-hydrogen) atoms. The zero-order chi connectivity index (χ0) is 11.5. The summed E-state index contributed by atoms with van der Waals surface area (Å²) in [5.74, 6) is -1.14. The van der Waals surface area contributed by atoms with Gasteiger partial charge in [0.15, 0.2) is 0 Å². The van der Waals surface area contributed by atoms with Crippen LogP contribution in [0.3, 0.4) is 0 Å². The summed E-state index contributed by atoms with van der Waals surface area (Å²) < 4.78 is 4.49. The molecule has 0 bridgehead atoms. The zero-order valence-electron chi connectivity index (χ0n) is 8.78. The molecule has 3 heteroatoms. The standard InChI is InChI=1S/C12H16O3/c1-3-5-7-8-10-12(14)15-11(13)9-6-4-2/h3-4,6,9H,1-2,5,7-8,10H2/b9-6+. The van der Waals surface area contributed by atoms with Gasteiger partial charge >= 0.3 is 11.9 Å².